The maximum Gasteiger partial charge on any atom is 0.322 e. The number of aliphatic hydroxyl groups excluding tert-OH is 2. The van der Waals surface area contributed by atoms with Crippen LogP contribution in [-0.2, 0) is 0 Å². The van der Waals surface area contributed by atoms with Gasteiger partial charge in [-0.25, -0.2) is 4.79 Å². The lowest BCUT2D eigenvalue weighted by atomic mass is 10.2. The molecule has 0 spiro atoms. The van der Waals surface area contributed by atoms with Gasteiger partial charge in [-0.3, -0.25) is 0 Å². The average Bonchev–Trinajstić information content (AvgIpc) is 2.83. The molecule has 116 valence electrons. The molecule has 0 aromatic heterocycles. The number of rotatable bonds is 4. The molecule has 2 rings (SSSR count). The van der Waals surface area contributed by atoms with Crippen LogP contribution in [0.15, 0.2) is 23.1 Å². The van der Waals surface area contributed by atoms with Crippen LogP contribution in [0.25, 0.3) is 0 Å². The molecule has 21 heavy (non-hydrogen) atoms. The van der Waals surface area contributed by atoms with E-state index in [0.29, 0.717) is 17.1 Å². The van der Waals surface area contributed by atoms with Crippen molar-refractivity contribution in [3.63, 3.8) is 0 Å². The second-order valence-electron chi connectivity index (χ2n) is 4.88. The number of halogens is 1. The first-order valence-corrected chi connectivity index (χ1v) is 8.20. The maximum absolute atomic E-state index is 12.3. The number of thioether (sulfide) groups is 1. The van der Waals surface area contributed by atoms with E-state index < -0.39 is 6.10 Å². The number of hydrogen-bond acceptors (Lipinski definition) is 4. The fourth-order valence-corrected chi connectivity index (χ4v) is 3.29. The SMILES string of the molecule is CCSc1ccc(Cl)cc1NC(=O)N1C[C@@H](O)C[C@H]1CO. The molecule has 7 heteroatoms. The van der Waals surface area contributed by atoms with Crippen LogP contribution < -0.4 is 5.32 Å². The normalized spacial score (nSPS) is 21.6. The third kappa shape index (κ3) is 4.03. The van der Waals surface area contributed by atoms with Gasteiger partial charge in [0.1, 0.15) is 0 Å². The minimum atomic E-state index is -0.586. The van der Waals surface area contributed by atoms with Crippen LogP contribution in [-0.4, -0.2) is 52.2 Å². The lowest BCUT2D eigenvalue weighted by molar-refractivity contribution is 0.164. The van der Waals surface area contributed by atoms with Crippen LogP contribution in [0.4, 0.5) is 10.5 Å². The van der Waals surface area contributed by atoms with Gasteiger partial charge in [-0.05, 0) is 30.4 Å². The number of hydrogen-bond donors (Lipinski definition) is 3. The molecule has 0 bridgehead atoms. The van der Waals surface area contributed by atoms with E-state index in [-0.39, 0.29) is 25.2 Å². The fourth-order valence-electron chi connectivity index (χ4n) is 2.38. The number of nitrogens with one attached hydrogen (secondary N) is 1. The Kier molecular flexibility index (Phi) is 5.75. The molecule has 2 atom stereocenters. The number of carbonyl (C=O) groups excluding carboxylic acids is 1. The van der Waals surface area contributed by atoms with Crippen LogP contribution >= 0.6 is 23.4 Å². The number of benzene rings is 1. The molecule has 0 aliphatic carbocycles. The first-order valence-electron chi connectivity index (χ1n) is 6.84. The number of aliphatic hydroxyl groups is 2. The Bertz CT molecular complexity index is 515. The van der Waals surface area contributed by atoms with Gasteiger partial charge >= 0.3 is 6.03 Å². The van der Waals surface area contributed by atoms with Gasteiger partial charge in [-0.15, -0.1) is 11.8 Å². The summed E-state index contributed by atoms with van der Waals surface area (Å²) in [6, 6.07) is 4.69. The topological polar surface area (TPSA) is 72.8 Å². The van der Waals surface area contributed by atoms with Gasteiger partial charge < -0.3 is 20.4 Å². The highest BCUT2D eigenvalue weighted by Gasteiger charge is 2.34. The van der Waals surface area contributed by atoms with Gasteiger partial charge in [0, 0.05) is 16.5 Å². The molecule has 0 unspecified atom stereocenters. The van der Waals surface area contributed by atoms with Crippen molar-refractivity contribution >= 4 is 35.1 Å². The van der Waals surface area contributed by atoms with Crippen LogP contribution in [0.5, 0.6) is 0 Å². The molecular formula is C14H19ClN2O3S. The van der Waals surface area contributed by atoms with Gasteiger partial charge in [0.05, 0.1) is 24.4 Å². The average molecular weight is 331 g/mol. The molecule has 1 saturated heterocycles. The third-order valence-electron chi connectivity index (χ3n) is 3.35. The highest BCUT2D eigenvalue weighted by Crippen LogP contribution is 2.30. The molecule has 1 heterocycles. The van der Waals surface area contributed by atoms with E-state index in [4.69, 9.17) is 11.6 Å². The summed E-state index contributed by atoms with van der Waals surface area (Å²) < 4.78 is 0. The summed E-state index contributed by atoms with van der Waals surface area (Å²) in [7, 11) is 0. The first-order chi connectivity index (χ1) is 10.0. The predicted molar refractivity (Wildman–Crippen MR) is 85.1 cm³/mol. The third-order valence-corrected chi connectivity index (χ3v) is 4.54. The van der Waals surface area contributed by atoms with Gasteiger partial charge in [0.25, 0.3) is 0 Å². The van der Waals surface area contributed by atoms with Crippen molar-refractivity contribution in [3.05, 3.63) is 23.2 Å². The number of anilines is 1. The van der Waals surface area contributed by atoms with Crippen LogP contribution in [0.3, 0.4) is 0 Å². The van der Waals surface area contributed by atoms with E-state index >= 15 is 0 Å². The number of carbonyl (C=O) groups is 1. The van der Waals surface area contributed by atoms with E-state index in [1.165, 1.54) is 4.90 Å². The van der Waals surface area contributed by atoms with Gasteiger partial charge in [-0.1, -0.05) is 18.5 Å². The lowest BCUT2D eigenvalue weighted by Crippen LogP contribution is -2.40. The standard InChI is InChI=1S/C14H19ClN2O3S/c1-2-21-13-4-3-9(15)5-12(13)16-14(20)17-7-11(19)6-10(17)8-18/h3-5,10-11,18-19H,2,6-8H2,1H3,(H,16,20)/t10-,11-/m0/s1. The van der Waals surface area contributed by atoms with E-state index in [1.54, 1.807) is 23.9 Å². The van der Waals surface area contributed by atoms with Crippen LogP contribution in [0.2, 0.25) is 5.02 Å². The highest BCUT2D eigenvalue weighted by molar-refractivity contribution is 7.99. The van der Waals surface area contributed by atoms with Crippen molar-refractivity contribution in [2.75, 3.05) is 24.2 Å². The first kappa shape index (κ1) is 16.4. The number of β-amino-alcohol motifs (C(OH)–C–C–N with tert-alkyl or cyclic N) is 1. The Hall–Kier alpha value is -0.950. The zero-order valence-corrected chi connectivity index (χ0v) is 13.3. The lowest BCUT2D eigenvalue weighted by Gasteiger charge is -2.23. The molecule has 3 N–H and O–H groups in total. The van der Waals surface area contributed by atoms with E-state index in [0.717, 1.165) is 10.6 Å². The Balaban J connectivity index is 2.13. The number of nitrogens with zero attached hydrogens (tertiary/aromatic N) is 1. The van der Waals surface area contributed by atoms with Crippen molar-refractivity contribution in [1.82, 2.24) is 4.90 Å². The van der Waals surface area contributed by atoms with Gasteiger partial charge in [-0.2, -0.15) is 0 Å². The smallest absolute Gasteiger partial charge is 0.322 e. The number of amides is 2. The summed E-state index contributed by atoms with van der Waals surface area (Å²) in [6.45, 7) is 2.11. The molecule has 5 nitrogen and oxygen atoms in total. The Morgan fingerprint density at radius 3 is 3.00 bits per heavy atom. The molecule has 1 aromatic rings. The molecule has 0 saturated carbocycles. The molecule has 2 amide bonds. The summed E-state index contributed by atoms with van der Waals surface area (Å²) in [5.41, 5.74) is 0.650. The second kappa shape index (κ2) is 7.35. The monoisotopic (exact) mass is 330 g/mol. The van der Waals surface area contributed by atoms with Crippen molar-refractivity contribution in [2.24, 2.45) is 0 Å². The van der Waals surface area contributed by atoms with Crippen molar-refractivity contribution < 1.29 is 15.0 Å². The molecular weight excluding hydrogens is 312 g/mol. The summed E-state index contributed by atoms with van der Waals surface area (Å²) >= 11 is 7.60. The van der Waals surface area contributed by atoms with E-state index in [2.05, 4.69) is 5.32 Å². The molecule has 1 aliphatic heterocycles. The van der Waals surface area contributed by atoms with Gasteiger partial charge in [0.15, 0.2) is 0 Å². The largest absolute Gasteiger partial charge is 0.394 e. The molecule has 1 aliphatic rings. The minimum Gasteiger partial charge on any atom is -0.394 e. The Morgan fingerprint density at radius 1 is 1.57 bits per heavy atom. The highest BCUT2D eigenvalue weighted by atomic mass is 35.5. The fraction of sp³-hybridized carbons (Fsp3) is 0.500. The quantitative estimate of drug-likeness (QED) is 0.741. The summed E-state index contributed by atoms with van der Waals surface area (Å²) in [6.07, 6.45) is -0.188. The van der Waals surface area contributed by atoms with Gasteiger partial charge in [0.2, 0.25) is 0 Å². The minimum absolute atomic E-state index is 0.156. The van der Waals surface area contributed by atoms with E-state index in [9.17, 15) is 15.0 Å². The zero-order chi connectivity index (χ0) is 15.4. The summed E-state index contributed by atoms with van der Waals surface area (Å²) in [5, 5.41) is 22.3. The van der Waals surface area contributed by atoms with Crippen LogP contribution in [0.1, 0.15) is 13.3 Å². The second-order valence-corrected chi connectivity index (χ2v) is 6.62. The predicted octanol–water partition coefficient (Wildman–Crippen LogP) is 2.41. The number of likely N-dealkylation sites (tertiary alicyclic amines) is 1. The van der Waals surface area contributed by atoms with Crippen molar-refractivity contribution in [3.8, 4) is 0 Å². The van der Waals surface area contributed by atoms with Crippen LogP contribution in [0, 0.1) is 0 Å². The van der Waals surface area contributed by atoms with E-state index in [1.807, 2.05) is 13.0 Å². The Labute approximate surface area is 133 Å². The molecule has 1 aromatic carbocycles. The molecule has 0 radical (unpaired) electrons. The van der Waals surface area contributed by atoms with Crippen molar-refractivity contribution in [2.45, 2.75) is 30.4 Å². The summed E-state index contributed by atoms with van der Waals surface area (Å²) in [5.74, 6) is 0.881. The Morgan fingerprint density at radius 2 is 2.33 bits per heavy atom. The summed E-state index contributed by atoms with van der Waals surface area (Å²) in [4.78, 5) is 14.7. The maximum atomic E-state index is 12.3. The zero-order valence-electron chi connectivity index (χ0n) is 11.8. The molecule has 1 fully saturated rings. The van der Waals surface area contributed by atoms with Crippen molar-refractivity contribution in [1.29, 1.82) is 0 Å². The number of urea groups is 1.